The number of aromatic nitrogens is 1. The quantitative estimate of drug-likeness (QED) is 0.789. The van der Waals surface area contributed by atoms with Crippen molar-refractivity contribution >= 4 is 33.0 Å². The molecule has 0 aliphatic carbocycles. The molecule has 2 aromatic rings. The molecule has 0 aliphatic heterocycles. The minimum absolute atomic E-state index is 0.0995. The van der Waals surface area contributed by atoms with Gasteiger partial charge in [0.15, 0.2) is 0 Å². The molecule has 8 heteroatoms. The summed E-state index contributed by atoms with van der Waals surface area (Å²) in [5, 5.41) is 1.82. The molecule has 2 aromatic heterocycles. The van der Waals surface area contributed by atoms with Crippen molar-refractivity contribution in [2.45, 2.75) is 31.2 Å². The van der Waals surface area contributed by atoms with E-state index < -0.39 is 10.0 Å². The van der Waals surface area contributed by atoms with Gasteiger partial charge in [-0.15, -0.1) is 22.9 Å². The largest absolute Gasteiger partial charge is 0.465 e. The second-order valence-electron chi connectivity index (χ2n) is 4.40. The van der Waals surface area contributed by atoms with Crippen molar-refractivity contribution in [3.8, 4) is 0 Å². The molecule has 110 valence electrons. The molecule has 20 heavy (non-hydrogen) atoms. The first-order valence-electron chi connectivity index (χ1n) is 5.86. The van der Waals surface area contributed by atoms with E-state index in [2.05, 4.69) is 4.98 Å². The predicted molar refractivity (Wildman–Crippen MR) is 78.5 cm³/mol. The molecule has 0 unspecified atom stereocenters. The molecule has 0 atom stereocenters. The summed E-state index contributed by atoms with van der Waals surface area (Å²) in [6.07, 6.45) is 0. The Labute approximate surface area is 127 Å². The van der Waals surface area contributed by atoms with Crippen LogP contribution in [0, 0.1) is 13.8 Å². The zero-order valence-electron chi connectivity index (χ0n) is 11.4. The minimum atomic E-state index is -3.65. The third kappa shape index (κ3) is 2.76. The maximum Gasteiger partial charge on any atom is 0.246 e. The number of thiazole rings is 1. The van der Waals surface area contributed by atoms with Gasteiger partial charge in [-0.1, -0.05) is 0 Å². The summed E-state index contributed by atoms with van der Waals surface area (Å²) < 4.78 is 32.0. The Balaban J connectivity index is 2.40. The van der Waals surface area contributed by atoms with Crippen molar-refractivity contribution in [3.05, 3.63) is 33.7 Å². The number of alkyl halides is 1. The highest BCUT2D eigenvalue weighted by Gasteiger charge is 2.30. The third-order valence-corrected chi connectivity index (χ3v) is 5.90. The summed E-state index contributed by atoms with van der Waals surface area (Å²) in [6.45, 7) is 3.56. The van der Waals surface area contributed by atoms with E-state index in [0.29, 0.717) is 22.8 Å². The maximum absolute atomic E-state index is 12.7. The lowest BCUT2D eigenvalue weighted by molar-refractivity contribution is 0.456. The van der Waals surface area contributed by atoms with Gasteiger partial charge >= 0.3 is 0 Å². The smallest absolute Gasteiger partial charge is 0.246 e. The standard InChI is InChI=1S/C12H15ClN2O3S2/c1-8-11(4-13)12(9(2)18-8)20(16,17)15(3)5-10-6-19-7-14-10/h6-7H,4-5H2,1-3H3. The third-order valence-electron chi connectivity index (χ3n) is 3.00. The molecule has 0 fully saturated rings. The fraction of sp³-hybridized carbons (Fsp3) is 0.417. The van der Waals surface area contributed by atoms with Crippen LogP contribution in [0.3, 0.4) is 0 Å². The molecule has 0 aromatic carbocycles. The lowest BCUT2D eigenvalue weighted by atomic mass is 10.3. The number of hydrogen-bond donors (Lipinski definition) is 0. The van der Waals surface area contributed by atoms with Crippen LogP contribution >= 0.6 is 22.9 Å². The Kier molecular flexibility index (Phi) is 4.53. The van der Waals surface area contributed by atoms with Gasteiger partial charge < -0.3 is 4.42 Å². The Hall–Kier alpha value is -0.890. The van der Waals surface area contributed by atoms with E-state index >= 15 is 0 Å². The summed E-state index contributed by atoms with van der Waals surface area (Å²) in [5.41, 5.74) is 2.91. The number of halogens is 1. The Morgan fingerprint density at radius 2 is 2.10 bits per heavy atom. The topological polar surface area (TPSA) is 63.4 Å². The van der Waals surface area contributed by atoms with Crippen LogP contribution in [0.2, 0.25) is 0 Å². The van der Waals surface area contributed by atoms with E-state index in [1.165, 1.54) is 22.7 Å². The average Bonchev–Trinajstić information content (AvgIpc) is 2.96. The highest BCUT2D eigenvalue weighted by Crippen LogP contribution is 2.30. The first-order valence-corrected chi connectivity index (χ1v) is 8.78. The lowest BCUT2D eigenvalue weighted by Gasteiger charge is -2.16. The molecule has 2 heterocycles. The van der Waals surface area contributed by atoms with Crippen molar-refractivity contribution in [1.82, 2.24) is 9.29 Å². The summed E-state index contributed by atoms with van der Waals surface area (Å²) in [6, 6.07) is 0. The fourth-order valence-electron chi connectivity index (χ4n) is 1.99. The average molecular weight is 335 g/mol. The van der Waals surface area contributed by atoms with Crippen LogP contribution in [0.15, 0.2) is 20.2 Å². The second kappa shape index (κ2) is 5.85. The van der Waals surface area contributed by atoms with Gasteiger partial charge in [-0.2, -0.15) is 4.31 Å². The summed E-state index contributed by atoms with van der Waals surface area (Å²) >= 11 is 7.28. The van der Waals surface area contributed by atoms with Gasteiger partial charge in [0, 0.05) is 18.0 Å². The van der Waals surface area contributed by atoms with Crippen molar-refractivity contribution in [2.24, 2.45) is 0 Å². The molecule has 0 bridgehead atoms. The maximum atomic E-state index is 12.7. The molecular weight excluding hydrogens is 320 g/mol. The van der Waals surface area contributed by atoms with Gasteiger partial charge in [0.1, 0.15) is 16.4 Å². The molecule has 5 nitrogen and oxygen atoms in total. The van der Waals surface area contributed by atoms with Gasteiger partial charge in [0.25, 0.3) is 0 Å². The van der Waals surface area contributed by atoms with Crippen LogP contribution in [0.1, 0.15) is 22.8 Å². The number of furan rings is 1. The Morgan fingerprint density at radius 1 is 1.40 bits per heavy atom. The van der Waals surface area contributed by atoms with Gasteiger partial charge in [-0.25, -0.2) is 13.4 Å². The van der Waals surface area contributed by atoms with Crippen molar-refractivity contribution in [1.29, 1.82) is 0 Å². The predicted octanol–water partition coefficient (Wildman–Crippen LogP) is 2.91. The van der Waals surface area contributed by atoms with Gasteiger partial charge in [0.2, 0.25) is 10.0 Å². The molecule has 0 saturated carbocycles. The second-order valence-corrected chi connectivity index (χ2v) is 7.36. The summed E-state index contributed by atoms with van der Waals surface area (Å²) in [4.78, 5) is 4.27. The fourth-order valence-corrected chi connectivity index (χ4v) is 4.48. The van der Waals surface area contributed by atoms with Crippen LogP contribution in [-0.4, -0.2) is 24.8 Å². The SMILES string of the molecule is Cc1oc(C)c(S(=O)(=O)N(C)Cc2cscn2)c1CCl. The molecule has 0 saturated heterocycles. The number of nitrogens with zero attached hydrogens (tertiary/aromatic N) is 2. The first-order chi connectivity index (χ1) is 9.37. The van der Waals surface area contributed by atoms with Crippen molar-refractivity contribution < 1.29 is 12.8 Å². The number of sulfonamides is 1. The molecule has 0 radical (unpaired) electrons. The number of rotatable bonds is 5. The van der Waals surface area contributed by atoms with Crippen LogP contribution in [0.4, 0.5) is 0 Å². The van der Waals surface area contributed by atoms with Gasteiger partial charge in [-0.3, -0.25) is 0 Å². The first kappa shape index (κ1) is 15.5. The highest BCUT2D eigenvalue weighted by molar-refractivity contribution is 7.89. The molecule has 0 N–H and O–H groups in total. The van der Waals surface area contributed by atoms with E-state index in [1.54, 1.807) is 19.4 Å². The van der Waals surface area contributed by atoms with Crippen molar-refractivity contribution in [3.63, 3.8) is 0 Å². The summed E-state index contributed by atoms with van der Waals surface area (Å²) in [7, 11) is -2.13. The number of hydrogen-bond acceptors (Lipinski definition) is 5. The van der Waals surface area contributed by atoms with Crippen LogP contribution < -0.4 is 0 Å². The van der Waals surface area contributed by atoms with Gasteiger partial charge in [-0.05, 0) is 13.8 Å². The minimum Gasteiger partial charge on any atom is -0.465 e. The van der Waals surface area contributed by atoms with E-state index in [0.717, 1.165) is 0 Å². The molecule has 0 amide bonds. The Morgan fingerprint density at radius 3 is 2.65 bits per heavy atom. The molecule has 2 rings (SSSR count). The van der Waals surface area contributed by atoms with Crippen LogP contribution in [-0.2, 0) is 22.4 Å². The Bertz CT molecular complexity index is 693. The van der Waals surface area contributed by atoms with Crippen LogP contribution in [0.25, 0.3) is 0 Å². The molecule has 0 spiro atoms. The highest BCUT2D eigenvalue weighted by atomic mass is 35.5. The van der Waals surface area contributed by atoms with E-state index in [4.69, 9.17) is 16.0 Å². The molecule has 0 aliphatic rings. The lowest BCUT2D eigenvalue weighted by Crippen LogP contribution is -2.27. The molecular formula is C12H15ClN2O3S2. The monoisotopic (exact) mass is 334 g/mol. The summed E-state index contributed by atoms with van der Waals surface area (Å²) in [5.74, 6) is 1.00. The van der Waals surface area contributed by atoms with E-state index in [1.807, 2.05) is 5.38 Å². The van der Waals surface area contributed by atoms with E-state index in [-0.39, 0.29) is 17.3 Å². The zero-order valence-corrected chi connectivity index (χ0v) is 13.8. The zero-order chi connectivity index (χ0) is 14.9. The van der Waals surface area contributed by atoms with Crippen molar-refractivity contribution in [2.75, 3.05) is 7.05 Å². The normalized spacial score (nSPS) is 12.2. The van der Waals surface area contributed by atoms with E-state index in [9.17, 15) is 8.42 Å². The van der Waals surface area contributed by atoms with Gasteiger partial charge in [0.05, 0.1) is 23.6 Å². The number of aryl methyl sites for hydroxylation is 2. The van der Waals surface area contributed by atoms with Crippen LogP contribution in [0.5, 0.6) is 0 Å².